The lowest BCUT2D eigenvalue weighted by Gasteiger charge is -2.08. The molecule has 1 rings (SSSR count). The van der Waals surface area contributed by atoms with E-state index in [0.29, 0.717) is 6.29 Å². The minimum Gasteiger partial charge on any atom is -0.303 e. The molecule has 0 heterocycles. The number of hydrogen-bond donors (Lipinski definition) is 0. The molecule has 82 valence electrons. The maximum Gasteiger partial charge on any atom is 0.416 e. The van der Waals surface area contributed by atoms with Crippen molar-refractivity contribution in [3.05, 3.63) is 35.4 Å². The minimum atomic E-state index is -4.42. The predicted octanol–water partition coefficient (Wildman–Crippen LogP) is 3.31. The molecule has 0 N–H and O–H groups in total. The van der Waals surface area contributed by atoms with Gasteiger partial charge in [-0.1, -0.05) is 12.1 Å². The maximum absolute atomic E-state index is 13.1. The summed E-state index contributed by atoms with van der Waals surface area (Å²) in [5.74, 6) is 0. The van der Waals surface area contributed by atoms with Gasteiger partial charge in [0.25, 0.3) is 0 Å². The lowest BCUT2D eigenvalue weighted by molar-refractivity contribution is -0.137. The fourth-order valence-electron chi connectivity index (χ4n) is 1.10. The van der Waals surface area contributed by atoms with Crippen LogP contribution in [0.1, 0.15) is 23.7 Å². The van der Waals surface area contributed by atoms with Crippen LogP contribution in [0.5, 0.6) is 0 Å². The van der Waals surface area contributed by atoms with Crippen molar-refractivity contribution in [1.82, 2.24) is 0 Å². The third-order valence-corrected chi connectivity index (χ3v) is 1.90. The Labute approximate surface area is 83.7 Å². The van der Waals surface area contributed by atoms with Crippen molar-refractivity contribution < 1.29 is 22.4 Å². The van der Waals surface area contributed by atoms with Crippen LogP contribution >= 0.6 is 0 Å². The first-order valence-corrected chi connectivity index (χ1v) is 4.20. The van der Waals surface area contributed by atoms with Crippen LogP contribution in [0.4, 0.5) is 17.6 Å². The number of hydrogen-bond acceptors (Lipinski definition) is 1. The van der Waals surface area contributed by atoms with Gasteiger partial charge in [0, 0.05) is 6.42 Å². The van der Waals surface area contributed by atoms with E-state index < -0.39 is 17.9 Å². The van der Waals surface area contributed by atoms with E-state index in [1.807, 2.05) is 0 Å². The van der Waals surface area contributed by atoms with Crippen LogP contribution in [0.25, 0.3) is 0 Å². The van der Waals surface area contributed by atoms with E-state index in [2.05, 4.69) is 0 Å². The van der Waals surface area contributed by atoms with Crippen molar-refractivity contribution >= 4 is 6.29 Å². The predicted molar refractivity (Wildman–Crippen MR) is 46.0 cm³/mol. The van der Waals surface area contributed by atoms with E-state index in [4.69, 9.17) is 0 Å². The highest BCUT2D eigenvalue weighted by atomic mass is 19.4. The van der Waals surface area contributed by atoms with Gasteiger partial charge in [-0.3, -0.25) is 0 Å². The summed E-state index contributed by atoms with van der Waals surface area (Å²) in [5.41, 5.74) is -0.750. The Morgan fingerprint density at radius 3 is 2.13 bits per heavy atom. The molecule has 0 aromatic heterocycles. The molecular formula is C10H8F4O. The zero-order chi connectivity index (χ0) is 11.5. The summed E-state index contributed by atoms with van der Waals surface area (Å²) < 4.78 is 49.4. The Hall–Kier alpha value is -1.39. The number of rotatable bonds is 3. The molecule has 0 aliphatic carbocycles. The van der Waals surface area contributed by atoms with Gasteiger partial charge in [0.1, 0.15) is 12.5 Å². The standard InChI is InChI=1S/C10H8F4O/c11-9(5-6-15)7-1-3-8(4-2-7)10(12,13)14/h1-4,6,9H,5H2/t9-/m0/s1. The van der Waals surface area contributed by atoms with Gasteiger partial charge in [-0.25, -0.2) is 4.39 Å². The van der Waals surface area contributed by atoms with Gasteiger partial charge < -0.3 is 4.79 Å². The first kappa shape index (κ1) is 11.7. The topological polar surface area (TPSA) is 17.1 Å². The van der Waals surface area contributed by atoms with Crippen LogP contribution in [0.3, 0.4) is 0 Å². The normalized spacial score (nSPS) is 13.6. The van der Waals surface area contributed by atoms with Gasteiger partial charge in [0.05, 0.1) is 5.56 Å². The number of alkyl halides is 4. The summed E-state index contributed by atoms with van der Waals surface area (Å²) in [7, 11) is 0. The second-order valence-corrected chi connectivity index (χ2v) is 2.99. The van der Waals surface area contributed by atoms with Gasteiger partial charge in [-0.2, -0.15) is 13.2 Å². The van der Waals surface area contributed by atoms with Gasteiger partial charge in [0.15, 0.2) is 0 Å². The molecule has 1 aromatic carbocycles. The molecule has 15 heavy (non-hydrogen) atoms. The summed E-state index contributed by atoms with van der Waals surface area (Å²) in [6.45, 7) is 0. The molecule has 0 saturated carbocycles. The first-order valence-electron chi connectivity index (χ1n) is 4.20. The quantitative estimate of drug-likeness (QED) is 0.564. The smallest absolute Gasteiger partial charge is 0.303 e. The van der Waals surface area contributed by atoms with Crippen molar-refractivity contribution in [2.45, 2.75) is 18.8 Å². The lowest BCUT2D eigenvalue weighted by Crippen LogP contribution is -2.04. The van der Waals surface area contributed by atoms with Crippen molar-refractivity contribution in [2.75, 3.05) is 0 Å². The van der Waals surface area contributed by atoms with Gasteiger partial charge in [-0.05, 0) is 17.7 Å². The molecule has 0 aliphatic heterocycles. The summed E-state index contributed by atoms with van der Waals surface area (Å²) in [4.78, 5) is 9.99. The Kier molecular flexibility index (Phi) is 3.44. The van der Waals surface area contributed by atoms with Crippen LogP contribution < -0.4 is 0 Å². The Bertz CT molecular complexity index is 328. The fourth-order valence-corrected chi connectivity index (χ4v) is 1.10. The number of aldehydes is 1. The Morgan fingerprint density at radius 2 is 1.73 bits per heavy atom. The Morgan fingerprint density at radius 1 is 1.20 bits per heavy atom. The molecule has 0 bridgehead atoms. The molecule has 0 amide bonds. The van der Waals surface area contributed by atoms with Gasteiger partial charge >= 0.3 is 6.18 Å². The van der Waals surface area contributed by atoms with Gasteiger partial charge in [-0.15, -0.1) is 0 Å². The van der Waals surface area contributed by atoms with E-state index >= 15 is 0 Å². The Balaban J connectivity index is 2.85. The number of halogens is 4. The van der Waals surface area contributed by atoms with Crippen LogP contribution in [-0.4, -0.2) is 6.29 Å². The fraction of sp³-hybridized carbons (Fsp3) is 0.300. The molecule has 0 spiro atoms. The second kappa shape index (κ2) is 4.42. The summed E-state index contributed by atoms with van der Waals surface area (Å²) in [5, 5.41) is 0. The second-order valence-electron chi connectivity index (χ2n) is 2.99. The van der Waals surface area contributed by atoms with E-state index in [0.717, 1.165) is 24.3 Å². The van der Waals surface area contributed by atoms with E-state index in [1.54, 1.807) is 0 Å². The molecule has 1 atom stereocenters. The molecule has 0 fully saturated rings. The zero-order valence-corrected chi connectivity index (χ0v) is 7.59. The van der Waals surface area contributed by atoms with E-state index in [-0.39, 0.29) is 12.0 Å². The molecule has 1 nitrogen and oxygen atoms in total. The largest absolute Gasteiger partial charge is 0.416 e. The summed E-state index contributed by atoms with van der Waals surface area (Å²) in [6, 6.07) is 3.67. The lowest BCUT2D eigenvalue weighted by atomic mass is 10.1. The van der Waals surface area contributed by atoms with E-state index in [1.165, 1.54) is 0 Å². The summed E-state index contributed by atoms with van der Waals surface area (Å²) >= 11 is 0. The van der Waals surface area contributed by atoms with Gasteiger partial charge in [0.2, 0.25) is 0 Å². The highest BCUT2D eigenvalue weighted by Crippen LogP contribution is 2.30. The third kappa shape index (κ3) is 3.04. The van der Waals surface area contributed by atoms with Crippen LogP contribution in [0.15, 0.2) is 24.3 Å². The number of carbonyl (C=O) groups excluding carboxylic acids is 1. The molecule has 0 unspecified atom stereocenters. The minimum absolute atomic E-state index is 0.0788. The van der Waals surface area contributed by atoms with Crippen molar-refractivity contribution in [3.63, 3.8) is 0 Å². The average molecular weight is 220 g/mol. The number of benzene rings is 1. The molecular weight excluding hydrogens is 212 g/mol. The van der Waals surface area contributed by atoms with Crippen LogP contribution in [0, 0.1) is 0 Å². The van der Waals surface area contributed by atoms with Crippen LogP contribution in [0.2, 0.25) is 0 Å². The molecule has 0 aliphatic rings. The highest BCUT2D eigenvalue weighted by molar-refractivity contribution is 5.51. The highest BCUT2D eigenvalue weighted by Gasteiger charge is 2.30. The first-order chi connectivity index (χ1) is 6.95. The monoisotopic (exact) mass is 220 g/mol. The van der Waals surface area contributed by atoms with Crippen LogP contribution in [-0.2, 0) is 11.0 Å². The van der Waals surface area contributed by atoms with E-state index in [9.17, 15) is 22.4 Å². The third-order valence-electron chi connectivity index (χ3n) is 1.90. The molecule has 0 saturated heterocycles. The zero-order valence-electron chi connectivity index (χ0n) is 7.59. The van der Waals surface area contributed by atoms with Crippen molar-refractivity contribution in [2.24, 2.45) is 0 Å². The molecule has 0 radical (unpaired) electrons. The molecule has 5 heteroatoms. The number of carbonyl (C=O) groups is 1. The average Bonchev–Trinajstić information content (AvgIpc) is 2.17. The maximum atomic E-state index is 13.1. The summed E-state index contributed by atoms with van der Waals surface area (Å²) in [6.07, 6.45) is -5.91. The van der Waals surface area contributed by atoms with Crippen molar-refractivity contribution in [3.8, 4) is 0 Å². The SMILES string of the molecule is O=CC[C@H](F)c1ccc(C(F)(F)F)cc1. The molecule has 1 aromatic rings. The van der Waals surface area contributed by atoms with Crippen molar-refractivity contribution in [1.29, 1.82) is 0 Å².